The molecule has 1 heterocycles. The molecule has 5 nitrogen and oxygen atoms in total. The van der Waals surface area contributed by atoms with E-state index in [1.54, 1.807) is 18.2 Å². The Labute approximate surface area is 134 Å². The lowest BCUT2D eigenvalue weighted by molar-refractivity contribution is -0.119. The maximum Gasteiger partial charge on any atom is 0.220 e. The summed E-state index contributed by atoms with van der Waals surface area (Å²) in [5, 5.41) is 10.1. The summed E-state index contributed by atoms with van der Waals surface area (Å²) in [6.45, 7) is 0. The van der Waals surface area contributed by atoms with Crippen LogP contribution in [0.4, 0.5) is 0 Å². The standard InChI is InChI=1S/C18H18O5/c19-14(7-10-18(22)11-8-15(20)9-12-18)4-1-2-5-16(21)17-6-3-13-23-17/h2-3,5-6,8-9,11-13,22H,1,4,7,10H2/b5-2+. The topological polar surface area (TPSA) is 84.6 Å². The van der Waals surface area contributed by atoms with Gasteiger partial charge < -0.3 is 9.52 Å². The highest BCUT2D eigenvalue weighted by Crippen LogP contribution is 2.20. The zero-order valence-electron chi connectivity index (χ0n) is 12.6. The zero-order valence-corrected chi connectivity index (χ0v) is 12.6. The summed E-state index contributed by atoms with van der Waals surface area (Å²) in [4.78, 5) is 34.4. The Morgan fingerprint density at radius 2 is 1.96 bits per heavy atom. The fourth-order valence-corrected chi connectivity index (χ4v) is 2.13. The number of furan rings is 1. The fourth-order valence-electron chi connectivity index (χ4n) is 2.13. The number of rotatable bonds is 8. The largest absolute Gasteiger partial charge is 0.461 e. The van der Waals surface area contributed by atoms with Gasteiger partial charge in [0, 0.05) is 12.8 Å². The first-order chi connectivity index (χ1) is 11.0. The summed E-state index contributed by atoms with van der Waals surface area (Å²) in [7, 11) is 0. The third kappa shape index (κ3) is 5.30. The average Bonchev–Trinajstić information content (AvgIpc) is 3.07. The van der Waals surface area contributed by atoms with E-state index in [2.05, 4.69) is 0 Å². The van der Waals surface area contributed by atoms with Crippen molar-refractivity contribution in [3.05, 3.63) is 60.6 Å². The second kappa shape index (κ2) is 7.65. The Morgan fingerprint density at radius 1 is 1.22 bits per heavy atom. The molecule has 0 aliphatic heterocycles. The minimum atomic E-state index is -1.23. The van der Waals surface area contributed by atoms with Gasteiger partial charge in [0.2, 0.25) is 5.78 Å². The first kappa shape index (κ1) is 16.8. The van der Waals surface area contributed by atoms with E-state index in [4.69, 9.17) is 4.42 Å². The lowest BCUT2D eigenvalue weighted by Gasteiger charge is -2.21. The summed E-state index contributed by atoms with van der Waals surface area (Å²) >= 11 is 0. The van der Waals surface area contributed by atoms with Crippen LogP contribution in [0.15, 0.2) is 59.3 Å². The zero-order chi connectivity index (χ0) is 16.7. The molecule has 1 N–H and O–H groups in total. The minimum absolute atomic E-state index is 0.00720. The highest BCUT2D eigenvalue weighted by Gasteiger charge is 2.23. The molecule has 0 fully saturated rings. The van der Waals surface area contributed by atoms with Crippen molar-refractivity contribution in [1.82, 2.24) is 0 Å². The number of hydrogen-bond acceptors (Lipinski definition) is 5. The third-order valence-electron chi connectivity index (χ3n) is 3.50. The van der Waals surface area contributed by atoms with Crippen molar-refractivity contribution in [3.8, 4) is 0 Å². The first-order valence-corrected chi connectivity index (χ1v) is 7.39. The molecule has 0 amide bonds. The Balaban J connectivity index is 1.69. The number of ketones is 3. The number of aliphatic hydroxyl groups is 1. The van der Waals surface area contributed by atoms with Gasteiger partial charge >= 0.3 is 0 Å². The van der Waals surface area contributed by atoms with E-state index in [0.717, 1.165) is 0 Å². The fraction of sp³-hybridized carbons (Fsp3) is 0.278. The molecule has 0 saturated carbocycles. The van der Waals surface area contributed by atoms with Crippen LogP contribution in [0.3, 0.4) is 0 Å². The number of carbonyl (C=O) groups excluding carboxylic acids is 3. The predicted molar refractivity (Wildman–Crippen MR) is 83.9 cm³/mol. The smallest absolute Gasteiger partial charge is 0.220 e. The molecule has 23 heavy (non-hydrogen) atoms. The Morgan fingerprint density at radius 3 is 2.61 bits per heavy atom. The van der Waals surface area contributed by atoms with E-state index in [9.17, 15) is 19.5 Å². The second-order valence-electron chi connectivity index (χ2n) is 5.38. The molecule has 2 rings (SSSR count). The van der Waals surface area contributed by atoms with Crippen LogP contribution in [-0.4, -0.2) is 28.1 Å². The molecule has 1 aromatic rings. The van der Waals surface area contributed by atoms with Crippen LogP contribution in [0.25, 0.3) is 0 Å². The molecule has 1 aliphatic carbocycles. The molecule has 1 aliphatic rings. The average molecular weight is 314 g/mol. The molecule has 0 spiro atoms. The van der Waals surface area contributed by atoms with Gasteiger partial charge in [0.25, 0.3) is 0 Å². The van der Waals surface area contributed by atoms with Crippen molar-refractivity contribution in [2.75, 3.05) is 0 Å². The van der Waals surface area contributed by atoms with Crippen LogP contribution in [0.5, 0.6) is 0 Å². The van der Waals surface area contributed by atoms with Crippen molar-refractivity contribution in [3.63, 3.8) is 0 Å². The number of carbonyl (C=O) groups is 3. The van der Waals surface area contributed by atoms with E-state index >= 15 is 0 Å². The van der Waals surface area contributed by atoms with E-state index in [1.807, 2.05) is 0 Å². The van der Waals surface area contributed by atoms with Crippen molar-refractivity contribution in [2.24, 2.45) is 0 Å². The van der Waals surface area contributed by atoms with Gasteiger partial charge in [-0.1, -0.05) is 6.08 Å². The van der Waals surface area contributed by atoms with E-state index in [0.29, 0.717) is 12.8 Å². The van der Waals surface area contributed by atoms with Gasteiger partial charge in [-0.2, -0.15) is 0 Å². The van der Waals surface area contributed by atoms with Crippen LogP contribution in [-0.2, 0) is 9.59 Å². The summed E-state index contributed by atoms with van der Waals surface area (Å²) in [5.74, 6) is -0.154. The van der Waals surface area contributed by atoms with Gasteiger partial charge in [0.1, 0.15) is 11.4 Å². The summed E-state index contributed by atoms with van der Waals surface area (Å²) < 4.78 is 4.97. The molecule has 0 bridgehead atoms. The first-order valence-electron chi connectivity index (χ1n) is 7.39. The van der Waals surface area contributed by atoms with Crippen LogP contribution in [0.2, 0.25) is 0 Å². The van der Waals surface area contributed by atoms with Gasteiger partial charge in [0.05, 0.1) is 6.26 Å². The summed E-state index contributed by atoms with van der Waals surface area (Å²) in [6.07, 6.45) is 11.1. The third-order valence-corrected chi connectivity index (χ3v) is 3.50. The molecule has 0 atom stereocenters. The maximum atomic E-state index is 11.8. The summed E-state index contributed by atoms with van der Waals surface area (Å²) in [5.41, 5.74) is -1.23. The highest BCUT2D eigenvalue weighted by atomic mass is 16.3. The Kier molecular flexibility index (Phi) is 5.60. The number of allylic oxidation sites excluding steroid dienone is 4. The monoisotopic (exact) mass is 314 g/mol. The maximum absolute atomic E-state index is 11.8. The van der Waals surface area contributed by atoms with Gasteiger partial charge in [-0.05, 0) is 55.4 Å². The molecule has 1 aromatic heterocycles. The Bertz CT molecular complexity index is 646. The second-order valence-corrected chi connectivity index (χ2v) is 5.38. The SMILES string of the molecule is O=C1C=CC(O)(CCC(=O)CC/C=C/C(=O)c2ccco2)C=C1. The van der Waals surface area contributed by atoms with Crippen LogP contribution in [0.1, 0.15) is 36.2 Å². The van der Waals surface area contributed by atoms with Crippen molar-refractivity contribution < 1.29 is 23.9 Å². The number of hydrogen-bond donors (Lipinski definition) is 1. The minimum Gasteiger partial charge on any atom is -0.461 e. The highest BCUT2D eigenvalue weighted by molar-refractivity contribution is 6.02. The normalized spacial score (nSPS) is 16.1. The summed E-state index contributed by atoms with van der Waals surface area (Å²) in [6, 6.07) is 3.21. The lowest BCUT2D eigenvalue weighted by Crippen LogP contribution is -2.26. The van der Waals surface area contributed by atoms with Crippen LogP contribution in [0, 0.1) is 0 Å². The molecular formula is C18H18O5. The molecular weight excluding hydrogens is 296 g/mol. The molecule has 120 valence electrons. The predicted octanol–water partition coefficient (Wildman–Crippen LogP) is 2.57. The van der Waals surface area contributed by atoms with Crippen molar-refractivity contribution in [1.29, 1.82) is 0 Å². The quantitative estimate of drug-likeness (QED) is 0.589. The van der Waals surface area contributed by atoms with E-state index in [1.165, 1.54) is 36.6 Å². The van der Waals surface area contributed by atoms with Crippen molar-refractivity contribution in [2.45, 2.75) is 31.3 Å². The van der Waals surface area contributed by atoms with Gasteiger partial charge in [-0.3, -0.25) is 14.4 Å². The van der Waals surface area contributed by atoms with Gasteiger partial charge in [0.15, 0.2) is 11.5 Å². The Hall–Kier alpha value is -2.53. The molecule has 0 aromatic carbocycles. The molecule has 0 radical (unpaired) electrons. The van der Waals surface area contributed by atoms with Gasteiger partial charge in [-0.25, -0.2) is 0 Å². The lowest BCUT2D eigenvalue weighted by atomic mass is 9.91. The number of Topliss-reactive ketones (excluding diaryl/α,β-unsaturated/α-hetero) is 1. The van der Waals surface area contributed by atoms with Crippen LogP contribution >= 0.6 is 0 Å². The van der Waals surface area contributed by atoms with Crippen LogP contribution < -0.4 is 0 Å². The molecule has 0 saturated heterocycles. The molecule has 5 heteroatoms. The molecule has 0 unspecified atom stereocenters. The van der Waals surface area contributed by atoms with E-state index < -0.39 is 5.60 Å². The van der Waals surface area contributed by atoms with Crippen molar-refractivity contribution >= 4 is 17.3 Å². The van der Waals surface area contributed by atoms with E-state index in [-0.39, 0.29) is 36.0 Å². The van der Waals surface area contributed by atoms with Gasteiger partial charge in [-0.15, -0.1) is 0 Å².